The first-order valence-electron chi connectivity index (χ1n) is 18.5. The number of aromatic nitrogens is 3. The van der Waals surface area contributed by atoms with Crippen LogP contribution in [0.4, 0.5) is 14.6 Å². The number of pyridine rings is 1. The topological polar surface area (TPSA) is 105 Å². The Kier molecular flexibility index (Phi) is 7.28. The number of terminal acetylenes is 1. The van der Waals surface area contributed by atoms with Crippen molar-refractivity contribution < 1.29 is 32.2 Å². The van der Waals surface area contributed by atoms with E-state index in [1.165, 1.54) is 24.3 Å². The summed E-state index contributed by atoms with van der Waals surface area (Å²) in [5.74, 6) is 0.883. The highest BCUT2D eigenvalue weighted by Crippen LogP contribution is 2.45. The summed E-state index contributed by atoms with van der Waals surface area (Å²) in [4.78, 5) is 18.5. The zero-order valence-corrected chi connectivity index (χ0v) is 28.3. The molecule has 4 fully saturated rings. The van der Waals surface area contributed by atoms with E-state index in [9.17, 15) is 5.11 Å². The minimum Gasteiger partial charge on any atom is -0.508 e. The molecule has 0 amide bonds. The Labute approximate surface area is 299 Å². The number of anilines is 1. The second-order valence-electron chi connectivity index (χ2n) is 14.3. The van der Waals surface area contributed by atoms with Crippen LogP contribution in [0.25, 0.3) is 32.9 Å². The summed E-state index contributed by atoms with van der Waals surface area (Å²) in [6.45, 7) is 12.6. The maximum Gasteiger partial charge on any atom is 0.319 e. The summed E-state index contributed by atoms with van der Waals surface area (Å²) in [5.41, 5.74) is 0.533. The lowest BCUT2D eigenvalue weighted by Gasteiger charge is -2.42. The van der Waals surface area contributed by atoms with E-state index in [0.717, 1.165) is 17.6 Å². The SMILES string of the molecule is [2H]C([2H])([2H])OCC12CCC(CN(c3nc(OCC45CC(=C)CN4CC(=C)C5)nc4c(F)c(-c5cc(O)cc6ccc(F)c(C#C)c56)nc(OCC)c34)C1)N2. The summed E-state index contributed by atoms with van der Waals surface area (Å²) in [6, 6.07) is 5.21. The van der Waals surface area contributed by atoms with Crippen LogP contribution in [0.2, 0.25) is 0 Å². The quantitative estimate of drug-likeness (QED) is 0.172. The van der Waals surface area contributed by atoms with Crippen LogP contribution in [-0.4, -0.2) is 95.1 Å². The Morgan fingerprint density at radius 2 is 1.92 bits per heavy atom. The third-order valence-electron chi connectivity index (χ3n) is 10.6. The zero-order chi connectivity index (χ0) is 38.2. The first-order valence-corrected chi connectivity index (χ1v) is 17.0. The number of nitrogens with zero attached hydrogens (tertiary/aromatic N) is 5. The Hall–Kier alpha value is -4.83. The normalized spacial score (nSPS) is 23.7. The van der Waals surface area contributed by atoms with Gasteiger partial charge in [0, 0.05) is 50.2 Å². The predicted molar refractivity (Wildman–Crippen MR) is 191 cm³/mol. The van der Waals surface area contributed by atoms with E-state index in [4.69, 9.17) is 29.7 Å². The molecule has 0 radical (unpaired) electrons. The van der Waals surface area contributed by atoms with Gasteiger partial charge in [0.2, 0.25) is 5.88 Å². The van der Waals surface area contributed by atoms with Crippen molar-refractivity contribution in [2.45, 2.75) is 49.7 Å². The second-order valence-corrected chi connectivity index (χ2v) is 14.3. The van der Waals surface area contributed by atoms with E-state index in [2.05, 4.69) is 39.3 Å². The number of hydrogen-bond acceptors (Lipinski definition) is 10. The molecule has 4 aliphatic heterocycles. The lowest BCUT2D eigenvalue weighted by atomic mass is 9.92. The molecule has 2 aromatic heterocycles. The molecule has 264 valence electrons. The monoisotopic (exact) mass is 697 g/mol. The van der Waals surface area contributed by atoms with E-state index in [0.29, 0.717) is 50.1 Å². The van der Waals surface area contributed by atoms with E-state index in [-0.39, 0.29) is 83.2 Å². The molecule has 2 aromatic carbocycles. The van der Waals surface area contributed by atoms with Crippen LogP contribution in [0.5, 0.6) is 17.6 Å². The maximum atomic E-state index is 17.4. The molecule has 0 saturated carbocycles. The van der Waals surface area contributed by atoms with Gasteiger partial charge >= 0.3 is 6.01 Å². The molecular weight excluding hydrogens is 654 g/mol. The highest BCUT2D eigenvalue weighted by molar-refractivity contribution is 6.04. The van der Waals surface area contributed by atoms with Crippen LogP contribution in [0, 0.1) is 24.0 Å². The molecule has 4 saturated heterocycles. The molecule has 12 heteroatoms. The molecule has 4 aromatic rings. The molecule has 2 bridgehead atoms. The van der Waals surface area contributed by atoms with Gasteiger partial charge in [-0.25, -0.2) is 13.8 Å². The van der Waals surface area contributed by atoms with Gasteiger partial charge in [0.25, 0.3) is 0 Å². The fourth-order valence-corrected chi connectivity index (χ4v) is 8.67. The summed E-state index contributed by atoms with van der Waals surface area (Å²) in [7, 11) is -2.59. The van der Waals surface area contributed by atoms with Gasteiger partial charge in [-0.1, -0.05) is 36.3 Å². The van der Waals surface area contributed by atoms with Gasteiger partial charge in [0.05, 0.1) is 34.0 Å². The van der Waals surface area contributed by atoms with E-state index < -0.39 is 29.8 Å². The predicted octanol–water partition coefficient (Wildman–Crippen LogP) is 5.51. The molecule has 8 rings (SSSR count). The Morgan fingerprint density at radius 1 is 1.12 bits per heavy atom. The lowest BCUT2D eigenvalue weighted by molar-refractivity contribution is 0.107. The van der Waals surface area contributed by atoms with Crippen LogP contribution in [-0.2, 0) is 4.74 Å². The second kappa shape index (κ2) is 12.4. The zero-order valence-electron chi connectivity index (χ0n) is 31.3. The van der Waals surface area contributed by atoms with Crippen molar-refractivity contribution in [3.05, 3.63) is 65.8 Å². The van der Waals surface area contributed by atoms with Crippen molar-refractivity contribution in [1.82, 2.24) is 25.2 Å². The summed E-state index contributed by atoms with van der Waals surface area (Å²) >= 11 is 0. The Balaban J connectivity index is 1.32. The fourth-order valence-electron chi connectivity index (χ4n) is 8.67. The number of nitrogens with one attached hydrogen (secondary N) is 1. The van der Waals surface area contributed by atoms with Crippen LogP contribution in [0.15, 0.2) is 48.6 Å². The molecule has 2 atom stereocenters. The number of ether oxygens (including phenoxy) is 3. The van der Waals surface area contributed by atoms with Crippen molar-refractivity contribution in [3.63, 3.8) is 0 Å². The number of fused-ring (bicyclic) bond motifs is 5. The Bertz CT molecular complexity index is 2260. The highest BCUT2D eigenvalue weighted by atomic mass is 19.1. The standard InChI is InChI=1S/C39H40F2N6O4/c1-6-27-29(40)9-8-24-12-26(48)13-28(30(24)27)33-32(41)34-31(36(42-33)50-7-2)35(46-18-25-10-11-38(19-46,45-25)20-49-5)44-37(43-34)51-21-39-14-22(3)16-47(39)17-23(4)15-39/h1,8-9,12-13,25,45,48H,3-4,7,10-11,14-21H2,2,5H3/i5D3. The number of benzene rings is 2. The number of halogens is 2. The molecule has 51 heavy (non-hydrogen) atoms. The molecule has 2 unspecified atom stereocenters. The third kappa shape index (κ3) is 5.55. The minimum absolute atomic E-state index is 0.00299. The molecule has 4 aliphatic rings. The smallest absolute Gasteiger partial charge is 0.319 e. The maximum absolute atomic E-state index is 17.4. The minimum atomic E-state index is -2.59. The van der Waals surface area contributed by atoms with Gasteiger partial charge in [-0.15, -0.1) is 6.42 Å². The highest BCUT2D eigenvalue weighted by Gasteiger charge is 2.49. The number of rotatable bonds is 9. The summed E-state index contributed by atoms with van der Waals surface area (Å²) in [6.07, 6.45) is 8.57. The number of aromatic hydroxyl groups is 1. The molecule has 10 nitrogen and oxygen atoms in total. The van der Waals surface area contributed by atoms with E-state index in [1.807, 2.05) is 4.90 Å². The fraction of sp³-hybridized carbons (Fsp3) is 0.410. The molecule has 2 N–H and O–H groups in total. The van der Waals surface area contributed by atoms with Crippen LogP contribution in [0.3, 0.4) is 0 Å². The lowest BCUT2D eigenvalue weighted by Crippen LogP contribution is -2.61. The van der Waals surface area contributed by atoms with Crippen molar-refractivity contribution in [3.8, 4) is 41.2 Å². The van der Waals surface area contributed by atoms with Gasteiger partial charge in [0.15, 0.2) is 5.82 Å². The molecule has 0 spiro atoms. The number of piperazine rings is 1. The van der Waals surface area contributed by atoms with E-state index in [1.54, 1.807) is 6.92 Å². The van der Waals surface area contributed by atoms with E-state index >= 15 is 8.78 Å². The van der Waals surface area contributed by atoms with Crippen molar-refractivity contribution in [2.24, 2.45) is 0 Å². The largest absolute Gasteiger partial charge is 0.508 e. The first kappa shape index (κ1) is 29.9. The van der Waals surface area contributed by atoms with Crippen molar-refractivity contribution in [1.29, 1.82) is 0 Å². The molecule has 6 heterocycles. The first-order chi connectivity index (χ1) is 25.7. The van der Waals surface area contributed by atoms with Crippen molar-refractivity contribution >= 4 is 27.5 Å². The summed E-state index contributed by atoms with van der Waals surface area (Å²) in [5, 5.41) is 15.0. The average Bonchev–Trinajstić information content (AvgIpc) is 3.71. The molecule has 0 aliphatic carbocycles. The number of phenolic OH excluding ortho intramolecular Hbond substituents is 1. The Morgan fingerprint density at radius 3 is 2.67 bits per heavy atom. The number of phenols is 1. The average molecular weight is 698 g/mol. The number of hydrogen-bond donors (Lipinski definition) is 2. The number of methoxy groups -OCH3 is 1. The van der Waals surface area contributed by atoms with Gasteiger partial charge in [-0.3, -0.25) is 4.90 Å². The van der Waals surface area contributed by atoms with Crippen LogP contribution < -0.4 is 19.7 Å². The van der Waals surface area contributed by atoms with Crippen LogP contribution in [0.1, 0.15) is 42.3 Å². The van der Waals surface area contributed by atoms with Gasteiger partial charge in [0.1, 0.15) is 40.6 Å². The van der Waals surface area contributed by atoms with Crippen molar-refractivity contribution in [2.75, 3.05) is 57.9 Å². The van der Waals surface area contributed by atoms with Crippen LogP contribution >= 0.6 is 0 Å². The summed E-state index contributed by atoms with van der Waals surface area (Å²) < 4.78 is 73.4. The third-order valence-corrected chi connectivity index (χ3v) is 10.6. The van der Waals surface area contributed by atoms with Gasteiger partial charge in [-0.2, -0.15) is 9.97 Å². The molecular formula is C39H40F2N6O4. The van der Waals surface area contributed by atoms with Gasteiger partial charge in [-0.05, 0) is 56.2 Å². The van der Waals surface area contributed by atoms with Gasteiger partial charge < -0.3 is 29.5 Å².